The first-order chi connectivity index (χ1) is 5.15. The molecular weight excluding hydrogens is 159 g/mol. The van der Waals surface area contributed by atoms with Gasteiger partial charge in [0.25, 0.3) is 0 Å². The fourth-order valence-electron chi connectivity index (χ4n) is 0.677. The molecule has 0 heterocycles. The van der Waals surface area contributed by atoms with Gasteiger partial charge in [0.2, 0.25) is 0 Å². The van der Waals surface area contributed by atoms with Crippen molar-refractivity contribution in [2.45, 2.75) is 59.8 Å². The van der Waals surface area contributed by atoms with Gasteiger partial charge < -0.3 is 6.22 Å². The average Bonchev–Trinajstić information content (AvgIpc) is 1.88. The second kappa shape index (κ2) is 17.7. The molecule has 0 spiro atoms. The van der Waals surface area contributed by atoms with Crippen LogP contribution in [-0.2, 0) is 4.79 Å². The molecule has 0 aromatic rings. The van der Waals surface area contributed by atoms with Crippen LogP contribution in [0.4, 0.5) is 0 Å². The van der Waals surface area contributed by atoms with E-state index in [0.29, 0.717) is 0 Å². The Labute approximate surface area is 101 Å². The van der Waals surface area contributed by atoms with E-state index in [-0.39, 0.29) is 36.8 Å². The predicted molar refractivity (Wildman–Crippen MR) is 51.9 cm³/mol. The minimum absolute atomic E-state index is 0. The summed E-state index contributed by atoms with van der Waals surface area (Å²) in [6, 6.07) is 0. The summed E-state index contributed by atoms with van der Waals surface area (Å²) in [7, 11) is 0. The van der Waals surface area contributed by atoms with E-state index in [2.05, 4.69) is 13.8 Å². The number of unbranched alkanes of at least 4 members (excludes halogenated alkanes) is 4. The van der Waals surface area contributed by atoms with Crippen molar-refractivity contribution in [3.63, 3.8) is 0 Å². The van der Waals surface area contributed by atoms with Crippen molar-refractivity contribution in [2.24, 2.45) is 0 Å². The van der Waals surface area contributed by atoms with Crippen molar-refractivity contribution >= 4 is 5.78 Å². The molecule has 0 aliphatic heterocycles. The fourth-order valence-corrected chi connectivity index (χ4v) is 0.677. The van der Waals surface area contributed by atoms with Crippen LogP contribution in [0.5, 0.6) is 0 Å². The van der Waals surface area contributed by atoms with E-state index >= 15 is 0 Å². The first-order valence-corrected chi connectivity index (χ1v) is 4.62. The molecule has 0 saturated carbocycles. The Morgan fingerprint density at radius 2 is 1.25 bits per heavy atom. The van der Waals surface area contributed by atoms with Gasteiger partial charge in [0.1, 0.15) is 5.78 Å². The van der Waals surface area contributed by atoms with Gasteiger partial charge in [-0.3, -0.25) is 0 Å². The van der Waals surface area contributed by atoms with Crippen LogP contribution >= 0.6 is 0 Å². The summed E-state index contributed by atoms with van der Waals surface area (Å²) in [4.78, 5) is 9.44. The maximum atomic E-state index is 9.44. The van der Waals surface area contributed by atoms with Crippen LogP contribution in [0.2, 0.25) is 0 Å². The van der Waals surface area contributed by atoms with Crippen LogP contribution in [0.15, 0.2) is 0 Å². The molecule has 0 radical (unpaired) electrons. The van der Waals surface area contributed by atoms with Gasteiger partial charge in [0.15, 0.2) is 0 Å². The van der Waals surface area contributed by atoms with Gasteiger partial charge in [0.05, 0.1) is 0 Å². The average molecular weight is 182 g/mol. The number of carbonyl (C=O) groups excluding carboxylic acids is 1. The summed E-state index contributed by atoms with van der Waals surface area (Å²) in [5.74, 6) is 0.167. The normalized spacial score (nSPS) is 7.67. The molecule has 0 rings (SSSR count). The molecule has 0 bridgehead atoms. The third kappa shape index (κ3) is 45.7. The topological polar surface area (TPSA) is 17.1 Å². The van der Waals surface area contributed by atoms with Crippen LogP contribution in [0.1, 0.15) is 61.2 Å². The van der Waals surface area contributed by atoms with Gasteiger partial charge in [-0.2, -0.15) is 0 Å². The maximum absolute atomic E-state index is 9.44. The second-order valence-electron chi connectivity index (χ2n) is 2.97. The quantitative estimate of drug-likeness (QED) is 0.462. The minimum Gasteiger partial charge on any atom is -1.00 e. The Morgan fingerprint density at radius 1 is 1.00 bits per heavy atom. The van der Waals surface area contributed by atoms with E-state index in [1.807, 2.05) is 0 Å². The van der Waals surface area contributed by atoms with Crippen molar-refractivity contribution in [1.82, 2.24) is 0 Å². The van der Waals surface area contributed by atoms with Crippen molar-refractivity contribution in [3.8, 4) is 0 Å². The standard InChI is InChI=1S/C7H16.C3H6O.Na.H/c1-3-5-7-6-4-2;1-3(2)4;;/h3-7H2,1-2H3;1-2H3;;/q;;+1;-1. The Hall–Kier alpha value is 0.670. The third-order valence-corrected chi connectivity index (χ3v) is 1.21. The molecule has 0 aliphatic carbocycles. The van der Waals surface area contributed by atoms with Crippen molar-refractivity contribution in [1.29, 1.82) is 0 Å². The van der Waals surface area contributed by atoms with E-state index < -0.39 is 0 Å². The SMILES string of the molecule is CC(C)=O.CCCCCCC.[H-].[Na+]. The molecule has 0 aromatic heterocycles. The summed E-state index contributed by atoms with van der Waals surface area (Å²) in [6.07, 6.45) is 7.01. The monoisotopic (exact) mass is 182 g/mol. The smallest absolute Gasteiger partial charge is 1.00 e. The van der Waals surface area contributed by atoms with Gasteiger partial charge in [-0.05, 0) is 13.8 Å². The first-order valence-electron chi connectivity index (χ1n) is 4.62. The molecule has 0 aliphatic rings. The molecule has 1 nitrogen and oxygen atoms in total. The molecule has 2 heteroatoms. The van der Waals surface area contributed by atoms with Crippen LogP contribution in [-0.4, -0.2) is 5.78 Å². The Balaban J connectivity index is -0.0000000600. The van der Waals surface area contributed by atoms with E-state index in [9.17, 15) is 4.79 Å². The van der Waals surface area contributed by atoms with E-state index in [1.54, 1.807) is 0 Å². The number of hydrogen-bond donors (Lipinski definition) is 0. The Morgan fingerprint density at radius 3 is 1.42 bits per heavy atom. The van der Waals surface area contributed by atoms with Crippen molar-refractivity contribution < 1.29 is 35.8 Å². The van der Waals surface area contributed by atoms with Gasteiger partial charge in [0, 0.05) is 0 Å². The Bertz CT molecular complexity index is 79.0. The van der Waals surface area contributed by atoms with Crippen LogP contribution in [0, 0.1) is 0 Å². The molecule has 0 unspecified atom stereocenters. The molecule has 12 heavy (non-hydrogen) atoms. The minimum atomic E-state index is 0. The predicted octanol–water partition coefficient (Wildman–Crippen LogP) is 0.688. The summed E-state index contributed by atoms with van der Waals surface area (Å²) in [5.41, 5.74) is 0. The molecule has 0 N–H and O–H groups in total. The van der Waals surface area contributed by atoms with Gasteiger partial charge >= 0.3 is 29.6 Å². The number of hydrogen-bond acceptors (Lipinski definition) is 1. The van der Waals surface area contributed by atoms with E-state index in [1.165, 1.54) is 46.0 Å². The summed E-state index contributed by atoms with van der Waals surface area (Å²) >= 11 is 0. The molecule has 0 fully saturated rings. The largest absolute Gasteiger partial charge is 1.00 e. The number of rotatable bonds is 4. The molecule has 0 saturated heterocycles. The molecule has 0 aromatic carbocycles. The van der Waals surface area contributed by atoms with Crippen LogP contribution in [0.3, 0.4) is 0 Å². The number of carbonyl (C=O) groups is 1. The zero-order valence-corrected chi connectivity index (χ0v) is 11.4. The Kier molecular flexibility index (Phi) is 27.2. The van der Waals surface area contributed by atoms with Gasteiger partial charge in [-0.15, -0.1) is 0 Å². The number of Topliss-reactive ketones (excluding diaryl/α,β-unsaturated/α-hetero) is 1. The third-order valence-electron chi connectivity index (χ3n) is 1.21. The van der Waals surface area contributed by atoms with Crippen LogP contribution < -0.4 is 29.6 Å². The second-order valence-corrected chi connectivity index (χ2v) is 2.97. The van der Waals surface area contributed by atoms with Crippen LogP contribution in [0.25, 0.3) is 0 Å². The number of ketones is 1. The van der Waals surface area contributed by atoms with E-state index in [4.69, 9.17) is 0 Å². The zero-order chi connectivity index (χ0) is 9.11. The summed E-state index contributed by atoms with van der Waals surface area (Å²) in [6.45, 7) is 7.55. The maximum Gasteiger partial charge on any atom is 1.00 e. The molecule has 0 amide bonds. The molecule has 70 valence electrons. The van der Waals surface area contributed by atoms with Gasteiger partial charge in [-0.1, -0.05) is 46.0 Å². The zero-order valence-electron chi connectivity index (χ0n) is 10.4. The summed E-state index contributed by atoms with van der Waals surface area (Å²) < 4.78 is 0. The van der Waals surface area contributed by atoms with Gasteiger partial charge in [-0.25, -0.2) is 0 Å². The fraction of sp³-hybridized carbons (Fsp3) is 0.900. The van der Waals surface area contributed by atoms with Crippen molar-refractivity contribution in [2.75, 3.05) is 0 Å². The molecular formula is C10H23NaO. The first kappa shape index (κ1) is 18.5. The van der Waals surface area contributed by atoms with E-state index in [0.717, 1.165) is 0 Å². The summed E-state index contributed by atoms with van der Waals surface area (Å²) in [5, 5.41) is 0. The van der Waals surface area contributed by atoms with Crippen molar-refractivity contribution in [3.05, 3.63) is 0 Å². The molecule has 0 atom stereocenters.